The second-order valence-electron chi connectivity index (χ2n) is 6.28. The molecule has 6 nitrogen and oxygen atoms in total. The molecule has 0 saturated heterocycles. The van der Waals surface area contributed by atoms with Crippen molar-refractivity contribution in [1.82, 2.24) is 15.5 Å². The topological polar surface area (TPSA) is 94.0 Å². The van der Waals surface area contributed by atoms with E-state index in [1.807, 2.05) is 0 Å². The highest BCUT2D eigenvalue weighted by Crippen LogP contribution is 2.31. The number of amides is 1. The van der Waals surface area contributed by atoms with Crippen LogP contribution in [0.5, 0.6) is 0 Å². The minimum absolute atomic E-state index is 0.0469. The van der Waals surface area contributed by atoms with E-state index in [2.05, 4.69) is 15.5 Å². The third-order valence-electron chi connectivity index (χ3n) is 4.21. The van der Waals surface area contributed by atoms with Crippen molar-refractivity contribution < 1.29 is 13.7 Å². The van der Waals surface area contributed by atoms with Crippen molar-refractivity contribution in [3.63, 3.8) is 0 Å². The van der Waals surface area contributed by atoms with Crippen molar-refractivity contribution in [3.05, 3.63) is 35.5 Å². The molecule has 1 unspecified atom stereocenters. The standard InChI is InChI=1S/C17H21FN4O2/c1-10-8-12(4-5-13(10)18)17-21-16(24-22-17)7-6-15(23)20-9-14(19)11-2-3-11/h4-5,8,11,14H,2-3,6-7,9,19H2,1H3,(H,20,23). The Kier molecular flexibility index (Phi) is 4.89. The molecule has 0 radical (unpaired) electrons. The summed E-state index contributed by atoms with van der Waals surface area (Å²) in [6.45, 7) is 2.18. The van der Waals surface area contributed by atoms with Gasteiger partial charge in [0.2, 0.25) is 17.6 Å². The zero-order valence-corrected chi connectivity index (χ0v) is 13.6. The van der Waals surface area contributed by atoms with Crippen LogP contribution >= 0.6 is 0 Å². The molecule has 7 heteroatoms. The van der Waals surface area contributed by atoms with E-state index in [-0.39, 0.29) is 24.2 Å². The number of hydrogen-bond donors (Lipinski definition) is 2. The molecule has 1 aromatic heterocycles. The first kappa shape index (κ1) is 16.6. The quantitative estimate of drug-likeness (QED) is 0.808. The van der Waals surface area contributed by atoms with Gasteiger partial charge in [0, 0.05) is 31.0 Å². The van der Waals surface area contributed by atoms with Crippen molar-refractivity contribution >= 4 is 5.91 Å². The maximum Gasteiger partial charge on any atom is 0.227 e. The predicted octanol–water partition coefficient (Wildman–Crippen LogP) is 1.97. The van der Waals surface area contributed by atoms with Crippen LogP contribution in [0.2, 0.25) is 0 Å². The van der Waals surface area contributed by atoms with Crippen molar-refractivity contribution in [2.75, 3.05) is 6.54 Å². The van der Waals surface area contributed by atoms with E-state index in [1.165, 1.54) is 6.07 Å². The van der Waals surface area contributed by atoms with E-state index < -0.39 is 0 Å². The van der Waals surface area contributed by atoms with E-state index in [0.717, 1.165) is 12.8 Å². The molecule has 128 valence electrons. The van der Waals surface area contributed by atoms with Crippen LogP contribution < -0.4 is 11.1 Å². The highest BCUT2D eigenvalue weighted by molar-refractivity contribution is 5.76. The maximum atomic E-state index is 13.3. The molecule has 1 saturated carbocycles. The lowest BCUT2D eigenvalue weighted by molar-refractivity contribution is -0.121. The summed E-state index contributed by atoms with van der Waals surface area (Å²) in [5, 5.41) is 6.71. The van der Waals surface area contributed by atoms with Gasteiger partial charge in [-0.3, -0.25) is 4.79 Å². The Morgan fingerprint density at radius 1 is 1.50 bits per heavy atom. The predicted molar refractivity (Wildman–Crippen MR) is 86.5 cm³/mol. The largest absolute Gasteiger partial charge is 0.355 e. The third kappa shape index (κ3) is 4.17. The average molecular weight is 332 g/mol. The van der Waals surface area contributed by atoms with Gasteiger partial charge in [0.15, 0.2) is 0 Å². The molecule has 0 spiro atoms. The fraction of sp³-hybridized carbons (Fsp3) is 0.471. The lowest BCUT2D eigenvalue weighted by Gasteiger charge is -2.10. The highest BCUT2D eigenvalue weighted by atomic mass is 19.1. The Bertz CT molecular complexity index is 727. The molecule has 3 rings (SSSR count). The molecule has 2 aromatic rings. The SMILES string of the molecule is Cc1cc(-c2noc(CCC(=O)NCC(N)C3CC3)n2)ccc1F. The molecule has 1 aliphatic carbocycles. The van der Waals surface area contributed by atoms with Crippen LogP contribution in [0.25, 0.3) is 11.4 Å². The molecule has 1 aromatic carbocycles. The lowest BCUT2D eigenvalue weighted by Crippen LogP contribution is -2.38. The number of carbonyl (C=O) groups is 1. The Labute approximate surface area is 139 Å². The van der Waals surface area contributed by atoms with Gasteiger partial charge in [-0.25, -0.2) is 4.39 Å². The molecule has 1 atom stereocenters. The lowest BCUT2D eigenvalue weighted by atomic mass is 10.1. The first-order valence-corrected chi connectivity index (χ1v) is 8.14. The first-order valence-electron chi connectivity index (χ1n) is 8.14. The van der Waals surface area contributed by atoms with Crippen molar-refractivity contribution in [2.24, 2.45) is 11.7 Å². The molecule has 1 heterocycles. The highest BCUT2D eigenvalue weighted by Gasteiger charge is 2.28. The van der Waals surface area contributed by atoms with Crippen LogP contribution in [-0.2, 0) is 11.2 Å². The minimum atomic E-state index is -0.274. The smallest absolute Gasteiger partial charge is 0.227 e. The molecule has 1 aliphatic rings. The van der Waals surface area contributed by atoms with Gasteiger partial charge in [-0.2, -0.15) is 4.98 Å². The van der Waals surface area contributed by atoms with Gasteiger partial charge in [-0.05, 0) is 49.4 Å². The summed E-state index contributed by atoms with van der Waals surface area (Å²) in [6.07, 6.45) is 2.94. The molecule has 0 bridgehead atoms. The van der Waals surface area contributed by atoms with Gasteiger partial charge >= 0.3 is 0 Å². The third-order valence-corrected chi connectivity index (χ3v) is 4.21. The number of nitrogens with two attached hydrogens (primary N) is 1. The number of nitrogens with one attached hydrogen (secondary N) is 1. The van der Waals surface area contributed by atoms with Gasteiger partial charge in [-0.1, -0.05) is 5.16 Å². The number of aromatic nitrogens is 2. The summed E-state index contributed by atoms with van der Waals surface area (Å²) < 4.78 is 18.4. The van der Waals surface area contributed by atoms with Crippen molar-refractivity contribution in [2.45, 2.75) is 38.6 Å². The molecule has 1 fully saturated rings. The normalized spacial score (nSPS) is 15.3. The zero-order valence-electron chi connectivity index (χ0n) is 13.6. The monoisotopic (exact) mass is 332 g/mol. The number of aryl methyl sites for hydroxylation is 2. The summed E-state index contributed by atoms with van der Waals surface area (Å²) in [5.74, 6) is 0.980. The van der Waals surface area contributed by atoms with Crippen LogP contribution in [-0.4, -0.2) is 28.6 Å². The van der Waals surface area contributed by atoms with Crippen molar-refractivity contribution in [3.8, 4) is 11.4 Å². The van der Waals surface area contributed by atoms with Gasteiger partial charge in [-0.15, -0.1) is 0 Å². The van der Waals surface area contributed by atoms with Gasteiger partial charge in [0.05, 0.1) is 0 Å². The molecule has 1 amide bonds. The number of hydrogen-bond acceptors (Lipinski definition) is 5. The summed E-state index contributed by atoms with van der Waals surface area (Å²) >= 11 is 0. The second kappa shape index (κ2) is 7.09. The van der Waals surface area contributed by atoms with Crippen molar-refractivity contribution in [1.29, 1.82) is 0 Å². The number of rotatable bonds is 7. The number of carbonyl (C=O) groups excluding carboxylic acids is 1. The summed E-state index contributed by atoms with van der Waals surface area (Å²) in [5.41, 5.74) is 7.15. The number of nitrogens with zero attached hydrogens (tertiary/aromatic N) is 2. The van der Waals surface area contributed by atoms with E-state index in [1.54, 1.807) is 19.1 Å². The average Bonchev–Trinajstić information content (AvgIpc) is 3.32. The molecular weight excluding hydrogens is 311 g/mol. The summed E-state index contributed by atoms with van der Waals surface area (Å²) in [4.78, 5) is 16.1. The Morgan fingerprint density at radius 2 is 2.29 bits per heavy atom. The van der Waals surface area contributed by atoms with Gasteiger partial charge in [0.1, 0.15) is 5.82 Å². The van der Waals surface area contributed by atoms with Crippen LogP contribution in [0.1, 0.15) is 30.7 Å². The van der Waals surface area contributed by atoms with Gasteiger partial charge in [0.25, 0.3) is 0 Å². The summed E-state index contributed by atoms with van der Waals surface area (Å²) in [6, 6.07) is 4.68. The molecule has 0 aliphatic heterocycles. The van der Waals surface area contributed by atoms with Crippen LogP contribution in [0, 0.1) is 18.7 Å². The second-order valence-corrected chi connectivity index (χ2v) is 6.28. The van der Waals surface area contributed by atoms with Gasteiger partial charge < -0.3 is 15.6 Å². The first-order chi connectivity index (χ1) is 11.5. The fourth-order valence-corrected chi connectivity index (χ4v) is 2.49. The van der Waals surface area contributed by atoms with Crippen LogP contribution in [0.4, 0.5) is 4.39 Å². The molecular formula is C17H21FN4O2. The van der Waals surface area contributed by atoms with E-state index >= 15 is 0 Å². The van der Waals surface area contributed by atoms with E-state index in [4.69, 9.17) is 10.3 Å². The molecule has 3 N–H and O–H groups in total. The number of benzene rings is 1. The Morgan fingerprint density at radius 3 is 3.00 bits per heavy atom. The van der Waals surface area contributed by atoms with Crippen LogP contribution in [0.15, 0.2) is 22.7 Å². The Balaban J connectivity index is 1.50. The Hall–Kier alpha value is -2.28. The van der Waals surface area contributed by atoms with Crippen LogP contribution in [0.3, 0.4) is 0 Å². The minimum Gasteiger partial charge on any atom is -0.355 e. The summed E-state index contributed by atoms with van der Waals surface area (Å²) in [7, 11) is 0. The number of halogens is 1. The van der Waals surface area contributed by atoms with E-state index in [9.17, 15) is 9.18 Å². The zero-order chi connectivity index (χ0) is 17.1. The fourth-order valence-electron chi connectivity index (χ4n) is 2.49. The molecule has 24 heavy (non-hydrogen) atoms. The maximum absolute atomic E-state index is 13.3. The van der Waals surface area contributed by atoms with E-state index in [0.29, 0.717) is 41.7 Å².